The van der Waals surface area contributed by atoms with Crippen molar-refractivity contribution in [1.82, 2.24) is 0 Å². The minimum absolute atomic E-state index is 0.409. The Labute approximate surface area is 103 Å². The molecular weight excluding hydrogens is 230 g/mol. The number of hydrogen-bond donors (Lipinski definition) is 3. The maximum Gasteiger partial charge on any atom is 0.178 e. The number of aliphatic hydroxyl groups excluding tert-OH is 1. The lowest BCUT2D eigenvalue weighted by Crippen LogP contribution is -1.95. The molecule has 18 heavy (non-hydrogen) atoms. The molecular formula is C14H13NO3. The number of para-hydroxylation sites is 1. The maximum absolute atomic E-state index is 9.15. The van der Waals surface area contributed by atoms with E-state index in [0.29, 0.717) is 17.7 Å². The molecule has 0 saturated carbocycles. The third-order valence-electron chi connectivity index (χ3n) is 3.12. The van der Waals surface area contributed by atoms with Crippen molar-refractivity contribution >= 4 is 21.9 Å². The molecule has 4 N–H and O–H groups in total. The van der Waals surface area contributed by atoms with E-state index in [2.05, 4.69) is 0 Å². The summed E-state index contributed by atoms with van der Waals surface area (Å²) in [5.74, 6) is 0. The fraction of sp³-hybridized carbons (Fsp3) is 0.143. The summed E-state index contributed by atoms with van der Waals surface area (Å²) in [5.41, 5.74) is 8.43. The topological polar surface area (TPSA) is 79.6 Å². The fourth-order valence-corrected chi connectivity index (χ4v) is 2.19. The number of hydrogen-bond acceptors (Lipinski definition) is 4. The molecule has 0 bridgehead atoms. The molecule has 3 aromatic rings. The molecule has 0 atom stereocenters. The first-order valence-corrected chi connectivity index (χ1v) is 5.71. The average molecular weight is 243 g/mol. The first kappa shape index (κ1) is 11.2. The molecule has 92 valence electrons. The van der Waals surface area contributed by atoms with Gasteiger partial charge in [-0.25, -0.2) is 0 Å². The lowest BCUT2D eigenvalue weighted by Gasteiger charge is -2.01. The first-order valence-electron chi connectivity index (χ1n) is 5.71. The zero-order valence-electron chi connectivity index (χ0n) is 9.63. The van der Waals surface area contributed by atoms with Gasteiger partial charge in [0.05, 0.1) is 0 Å². The van der Waals surface area contributed by atoms with Gasteiger partial charge in [-0.3, -0.25) is 0 Å². The Bertz CT molecular complexity index is 715. The zero-order chi connectivity index (χ0) is 12.7. The minimum atomic E-state index is -1.49. The highest BCUT2D eigenvalue weighted by Gasteiger charge is 2.11. The van der Waals surface area contributed by atoms with Crippen molar-refractivity contribution in [3.8, 4) is 0 Å². The highest BCUT2D eigenvalue weighted by atomic mass is 16.5. The Kier molecular flexibility index (Phi) is 2.56. The Morgan fingerprint density at radius 2 is 1.94 bits per heavy atom. The summed E-state index contributed by atoms with van der Waals surface area (Å²) in [6, 6.07) is 11.0. The molecule has 0 aliphatic heterocycles. The van der Waals surface area contributed by atoms with Crippen LogP contribution in [0.1, 0.15) is 17.4 Å². The van der Waals surface area contributed by atoms with Crippen LogP contribution in [0.15, 0.2) is 40.8 Å². The largest absolute Gasteiger partial charge is 0.456 e. The molecule has 0 spiro atoms. The van der Waals surface area contributed by atoms with Gasteiger partial charge in [0.2, 0.25) is 0 Å². The van der Waals surface area contributed by atoms with Crippen molar-refractivity contribution < 1.29 is 14.6 Å². The van der Waals surface area contributed by atoms with E-state index in [9.17, 15) is 0 Å². The third-order valence-corrected chi connectivity index (χ3v) is 3.12. The minimum Gasteiger partial charge on any atom is -0.456 e. The van der Waals surface area contributed by atoms with Crippen LogP contribution in [0.2, 0.25) is 0 Å². The number of rotatable bonds is 2. The highest BCUT2D eigenvalue weighted by Crippen LogP contribution is 2.32. The van der Waals surface area contributed by atoms with E-state index in [1.54, 1.807) is 12.1 Å². The smallest absolute Gasteiger partial charge is 0.178 e. The number of furan rings is 1. The molecule has 4 nitrogen and oxygen atoms in total. The normalized spacial score (nSPS) is 11.8. The molecule has 1 heterocycles. The number of nitrogens with two attached hydrogens (primary N) is 1. The van der Waals surface area contributed by atoms with Gasteiger partial charge in [0.25, 0.3) is 0 Å². The van der Waals surface area contributed by atoms with Crippen LogP contribution >= 0.6 is 0 Å². The van der Waals surface area contributed by atoms with Crippen LogP contribution < -0.4 is 5.73 Å². The van der Waals surface area contributed by atoms with Gasteiger partial charge in [-0.05, 0) is 6.07 Å². The van der Waals surface area contributed by atoms with Gasteiger partial charge >= 0.3 is 0 Å². The summed E-state index contributed by atoms with van der Waals surface area (Å²) in [6.45, 7) is 0.409. The number of benzene rings is 2. The lowest BCUT2D eigenvalue weighted by atomic mass is 10.1. The van der Waals surface area contributed by atoms with Crippen LogP contribution in [0.3, 0.4) is 0 Å². The molecule has 4 heteroatoms. The number of aliphatic hydroxyl groups is 2. The van der Waals surface area contributed by atoms with Crippen molar-refractivity contribution in [2.75, 3.05) is 0 Å². The highest BCUT2D eigenvalue weighted by molar-refractivity contribution is 6.05. The number of fused-ring (bicyclic) bond motifs is 3. The zero-order valence-corrected chi connectivity index (χ0v) is 9.63. The molecule has 0 fully saturated rings. The third kappa shape index (κ3) is 1.59. The molecule has 0 aliphatic carbocycles. The van der Waals surface area contributed by atoms with E-state index in [1.165, 1.54) is 0 Å². The summed E-state index contributed by atoms with van der Waals surface area (Å²) in [4.78, 5) is 0. The summed E-state index contributed by atoms with van der Waals surface area (Å²) in [5, 5.41) is 20.2. The molecule has 0 saturated heterocycles. The lowest BCUT2D eigenvalue weighted by molar-refractivity contribution is -0.0424. The van der Waals surface area contributed by atoms with Crippen molar-refractivity contribution in [2.45, 2.75) is 12.8 Å². The SMILES string of the molecule is NCc1cccc2c1oc1cc(C(O)O)ccc12. The van der Waals surface area contributed by atoms with E-state index in [4.69, 9.17) is 20.4 Å². The molecule has 1 aromatic heterocycles. The Morgan fingerprint density at radius 3 is 2.67 bits per heavy atom. The molecule has 0 radical (unpaired) electrons. The summed E-state index contributed by atoms with van der Waals surface area (Å²) in [6.07, 6.45) is -1.49. The molecule has 0 aliphatic rings. The molecule has 3 rings (SSSR count). The second-order valence-electron chi connectivity index (χ2n) is 4.23. The Balaban J connectivity index is 2.35. The van der Waals surface area contributed by atoms with Crippen molar-refractivity contribution in [3.05, 3.63) is 47.5 Å². The van der Waals surface area contributed by atoms with Gasteiger partial charge in [0, 0.05) is 28.4 Å². The second-order valence-corrected chi connectivity index (χ2v) is 4.23. The van der Waals surface area contributed by atoms with Gasteiger partial charge in [0.15, 0.2) is 6.29 Å². The van der Waals surface area contributed by atoms with Crippen LogP contribution in [0.4, 0.5) is 0 Å². The van der Waals surface area contributed by atoms with E-state index in [1.807, 2.05) is 24.3 Å². The van der Waals surface area contributed by atoms with Crippen LogP contribution in [-0.4, -0.2) is 10.2 Å². The summed E-state index contributed by atoms with van der Waals surface area (Å²) in [7, 11) is 0. The predicted octanol–water partition coefficient (Wildman–Crippen LogP) is 2.03. The van der Waals surface area contributed by atoms with E-state index in [-0.39, 0.29) is 0 Å². The first-order chi connectivity index (χ1) is 8.70. The molecule has 0 amide bonds. The van der Waals surface area contributed by atoms with Crippen LogP contribution in [0.5, 0.6) is 0 Å². The molecule has 0 unspecified atom stereocenters. The maximum atomic E-state index is 9.15. The second kappa shape index (κ2) is 4.10. The monoisotopic (exact) mass is 243 g/mol. The summed E-state index contributed by atoms with van der Waals surface area (Å²) >= 11 is 0. The quantitative estimate of drug-likeness (QED) is 0.602. The fourth-order valence-electron chi connectivity index (χ4n) is 2.19. The van der Waals surface area contributed by atoms with E-state index < -0.39 is 6.29 Å². The molecule has 2 aromatic carbocycles. The van der Waals surface area contributed by atoms with Gasteiger partial charge < -0.3 is 20.4 Å². The Morgan fingerprint density at radius 1 is 1.11 bits per heavy atom. The Hall–Kier alpha value is -1.88. The van der Waals surface area contributed by atoms with Gasteiger partial charge in [-0.2, -0.15) is 0 Å². The average Bonchev–Trinajstić information content (AvgIpc) is 2.75. The van der Waals surface area contributed by atoms with Gasteiger partial charge in [0.1, 0.15) is 11.2 Å². The van der Waals surface area contributed by atoms with Crippen molar-refractivity contribution in [2.24, 2.45) is 5.73 Å². The van der Waals surface area contributed by atoms with Crippen molar-refractivity contribution in [1.29, 1.82) is 0 Å². The van der Waals surface area contributed by atoms with E-state index in [0.717, 1.165) is 21.9 Å². The van der Waals surface area contributed by atoms with Gasteiger partial charge in [-0.15, -0.1) is 0 Å². The van der Waals surface area contributed by atoms with Crippen LogP contribution in [-0.2, 0) is 6.54 Å². The van der Waals surface area contributed by atoms with Crippen LogP contribution in [0, 0.1) is 0 Å². The predicted molar refractivity (Wildman–Crippen MR) is 68.8 cm³/mol. The summed E-state index contributed by atoms with van der Waals surface area (Å²) < 4.78 is 5.76. The van der Waals surface area contributed by atoms with Gasteiger partial charge in [-0.1, -0.05) is 30.3 Å². The standard InChI is InChI=1S/C14H13NO3/c15-7-9-2-1-3-11-10-5-4-8(14(16)17)6-12(10)18-13(9)11/h1-6,14,16-17H,7,15H2. The van der Waals surface area contributed by atoms with E-state index >= 15 is 0 Å². The van der Waals surface area contributed by atoms with Crippen molar-refractivity contribution in [3.63, 3.8) is 0 Å². The van der Waals surface area contributed by atoms with Crippen LogP contribution in [0.25, 0.3) is 21.9 Å².